The summed E-state index contributed by atoms with van der Waals surface area (Å²) in [4.78, 5) is 0. The van der Waals surface area contributed by atoms with Gasteiger partial charge in [-0.3, -0.25) is 0 Å². The summed E-state index contributed by atoms with van der Waals surface area (Å²) in [5.41, 5.74) is 1.39. The average Bonchev–Trinajstić information content (AvgIpc) is 2.72. The van der Waals surface area contributed by atoms with Gasteiger partial charge in [-0.1, -0.05) is 26.0 Å². The van der Waals surface area contributed by atoms with Gasteiger partial charge in [-0.15, -0.1) is 0 Å². The Morgan fingerprint density at radius 3 is 2.75 bits per heavy atom. The molecule has 1 aliphatic heterocycles. The smallest absolute Gasteiger partial charge is 0.0288 e. The first-order valence-corrected chi connectivity index (χ1v) is 7.65. The Bertz CT molecular complexity index is 219. The average molecular weight is 241 g/mol. The fraction of sp³-hybridized carbons (Fsp3) is 0.857. The maximum atomic E-state index is 4.17. The Morgan fingerprint density at radius 2 is 2.25 bits per heavy atom. The summed E-state index contributed by atoms with van der Waals surface area (Å²) < 4.78 is 0.438. The normalized spacial score (nSPS) is 26.9. The topological polar surface area (TPSA) is 12.0 Å². The highest BCUT2D eigenvalue weighted by atomic mass is 32.2. The van der Waals surface area contributed by atoms with Gasteiger partial charge in [-0.25, -0.2) is 0 Å². The van der Waals surface area contributed by atoms with E-state index in [0.717, 1.165) is 19.4 Å². The molecule has 94 valence electrons. The summed E-state index contributed by atoms with van der Waals surface area (Å²) in [6.07, 6.45) is 6.22. The minimum atomic E-state index is 0.438. The number of nitrogens with one attached hydrogen (secondary N) is 1. The minimum absolute atomic E-state index is 0.438. The molecule has 0 bridgehead atoms. The number of hydrogen-bond acceptors (Lipinski definition) is 2. The first-order chi connectivity index (χ1) is 7.62. The SMILES string of the molecule is C=C(CC)CC(NCCC)C1(C)CCCS1. The second-order valence-electron chi connectivity index (χ2n) is 5.08. The summed E-state index contributed by atoms with van der Waals surface area (Å²) in [5, 5.41) is 3.74. The van der Waals surface area contributed by atoms with Gasteiger partial charge in [0.15, 0.2) is 0 Å². The number of rotatable bonds is 7. The molecule has 0 saturated carbocycles. The molecule has 1 aliphatic rings. The third-order valence-corrected chi connectivity index (χ3v) is 5.26. The van der Waals surface area contributed by atoms with E-state index in [-0.39, 0.29) is 0 Å². The second kappa shape index (κ2) is 6.70. The molecular formula is C14H27NS. The summed E-state index contributed by atoms with van der Waals surface area (Å²) in [6.45, 7) is 12.2. The lowest BCUT2D eigenvalue weighted by Crippen LogP contribution is -2.45. The van der Waals surface area contributed by atoms with Gasteiger partial charge in [0.2, 0.25) is 0 Å². The summed E-state index contributed by atoms with van der Waals surface area (Å²) in [6, 6.07) is 0.618. The summed E-state index contributed by atoms with van der Waals surface area (Å²) >= 11 is 2.15. The number of hydrogen-bond donors (Lipinski definition) is 1. The fourth-order valence-corrected chi connectivity index (χ4v) is 3.74. The van der Waals surface area contributed by atoms with Crippen molar-refractivity contribution in [1.82, 2.24) is 5.32 Å². The van der Waals surface area contributed by atoms with Gasteiger partial charge in [-0.2, -0.15) is 11.8 Å². The van der Waals surface area contributed by atoms with Crippen molar-refractivity contribution >= 4 is 11.8 Å². The van der Waals surface area contributed by atoms with E-state index in [1.165, 1.54) is 30.6 Å². The van der Waals surface area contributed by atoms with Gasteiger partial charge in [0, 0.05) is 10.8 Å². The van der Waals surface area contributed by atoms with E-state index in [1.807, 2.05) is 0 Å². The van der Waals surface area contributed by atoms with E-state index < -0.39 is 0 Å². The molecule has 0 spiro atoms. The molecule has 1 heterocycles. The highest BCUT2D eigenvalue weighted by molar-refractivity contribution is 8.00. The monoisotopic (exact) mass is 241 g/mol. The van der Waals surface area contributed by atoms with Gasteiger partial charge in [0.25, 0.3) is 0 Å². The van der Waals surface area contributed by atoms with Crippen LogP contribution < -0.4 is 5.32 Å². The fourth-order valence-electron chi connectivity index (χ4n) is 2.33. The Balaban J connectivity index is 2.58. The largest absolute Gasteiger partial charge is 0.312 e. The van der Waals surface area contributed by atoms with Crippen molar-refractivity contribution in [2.45, 2.75) is 63.7 Å². The molecule has 0 aromatic heterocycles. The standard InChI is InChI=1S/C14H27NS/c1-5-9-15-13(11-12(3)6-2)14(4)8-7-10-16-14/h13,15H,3,5-11H2,1-2,4H3. The van der Waals surface area contributed by atoms with Crippen LogP contribution in [0.1, 0.15) is 52.9 Å². The van der Waals surface area contributed by atoms with Gasteiger partial charge in [0.05, 0.1) is 0 Å². The Kier molecular flexibility index (Phi) is 5.91. The molecule has 0 radical (unpaired) electrons. The van der Waals surface area contributed by atoms with Crippen molar-refractivity contribution in [2.24, 2.45) is 0 Å². The van der Waals surface area contributed by atoms with E-state index in [9.17, 15) is 0 Å². The molecule has 2 unspecified atom stereocenters. The van der Waals surface area contributed by atoms with Crippen molar-refractivity contribution in [3.8, 4) is 0 Å². The van der Waals surface area contributed by atoms with E-state index in [1.54, 1.807) is 0 Å². The van der Waals surface area contributed by atoms with Crippen LogP contribution in [0.3, 0.4) is 0 Å². The van der Waals surface area contributed by atoms with Crippen molar-refractivity contribution in [3.05, 3.63) is 12.2 Å². The highest BCUT2D eigenvalue weighted by Crippen LogP contribution is 2.42. The predicted molar refractivity (Wildman–Crippen MR) is 76.2 cm³/mol. The minimum Gasteiger partial charge on any atom is -0.312 e. The van der Waals surface area contributed by atoms with Crippen LogP contribution in [-0.4, -0.2) is 23.1 Å². The summed E-state index contributed by atoms with van der Waals surface area (Å²) in [7, 11) is 0. The molecule has 1 N–H and O–H groups in total. The predicted octanol–water partition coefficient (Wildman–Crippen LogP) is 4.00. The van der Waals surface area contributed by atoms with Gasteiger partial charge in [0.1, 0.15) is 0 Å². The van der Waals surface area contributed by atoms with Crippen LogP contribution in [0.4, 0.5) is 0 Å². The first-order valence-electron chi connectivity index (χ1n) is 6.66. The van der Waals surface area contributed by atoms with Crippen LogP contribution in [0.2, 0.25) is 0 Å². The summed E-state index contributed by atoms with van der Waals surface area (Å²) in [5.74, 6) is 1.33. The first kappa shape index (κ1) is 14.1. The molecule has 1 fully saturated rings. The van der Waals surface area contributed by atoms with Crippen molar-refractivity contribution in [1.29, 1.82) is 0 Å². The van der Waals surface area contributed by atoms with Crippen molar-refractivity contribution in [2.75, 3.05) is 12.3 Å². The van der Waals surface area contributed by atoms with E-state index in [4.69, 9.17) is 0 Å². The quantitative estimate of drug-likeness (QED) is 0.676. The molecule has 16 heavy (non-hydrogen) atoms. The third kappa shape index (κ3) is 3.81. The molecule has 0 aromatic rings. The molecule has 2 atom stereocenters. The van der Waals surface area contributed by atoms with Gasteiger partial charge >= 0.3 is 0 Å². The zero-order valence-electron chi connectivity index (χ0n) is 11.1. The maximum absolute atomic E-state index is 4.17. The lowest BCUT2D eigenvalue weighted by Gasteiger charge is -2.34. The van der Waals surface area contributed by atoms with E-state index in [0.29, 0.717) is 10.8 Å². The van der Waals surface area contributed by atoms with Crippen LogP contribution in [0.5, 0.6) is 0 Å². The molecule has 2 heteroatoms. The highest BCUT2D eigenvalue weighted by Gasteiger charge is 2.37. The second-order valence-corrected chi connectivity index (χ2v) is 6.71. The zero-order valence-corrected chi connectivity index (χ0v) is 12.0. The molecule has 0 amide bonds. The molecule has 0 aliphatic carbocycles. The molecule has 1 saturated heterocycles. The molecular weight excluding hydrogens is 214 g/mol. The van der Waals surface area contributed by atoms with Crippen LogP contribution in [0.15, 0.2) is 12.2 Å². The zero-order chi connectivity index (χ0) is 12.0. The Morgan fingerprint density at radius 1 is 1.50 bits per heavy atom. The van der Waals surface area contributed by atoms with E-state index >= 15 is 0 Å². The van der Waals surface area contributed by atoms with Crippen molar-refractivity contribution < 1.29 is 0 Å². The van der Waals surface area contributed by atoms with Crippen molar-refractivity contribution in [3.63, 3.8) is 0 Å². The molecule has 1 rings (SSSR count). The number of thioether (sulfide) groups is 1. The van der Waals surface area contributed by atoms with Crippen LogP contribution in [-0.2, 0) is 0 Å². The lowest BCUT2D eigenvalue weighted by atomic mass is 9.90. The maximum Gasteiger partial charge on any atom is 0.0288 e. The van der Waals surface area contributed by atoms with Crippen LogP contribution in [0, 0.1) is 0 Å². The Labute approximate surface area is 105 Å². The lowest BCUT2D eigenvalue weighted by molar-refractivity contribution is 0.396. The van der Waals surface area contributed by atoms with Gasteiger partial charge in [-0.05, 0) is 51.3 Å². The van der Waals surface area contributed by atoms with Gasteiger partial charge < -0.3 is 5.32 Å². The molecule has 0 aromatic carbocycles. The Hall–Kier alpha value is 0.0500. The van der Waals surface area contributed by atoms with Crippen LogP contribution >= 0.6 is 11.8 Å². The molecule has 1 nitrogen and oxygen atoms in total. The van der Waals surface area contributed by atoms with E-state index in [2.05, 4.69) is 44.4 Å². The third-order valence-electron chi connectivity index (χ3n) is 3.62. The van der Waals surface area contributed by atoms with Crippen LogP contribution in [0.25, 0.3) is 0 Å².